The molecular weight excluding hydrogens is 538 g/mol. The van der Waals surface area contributed by atoms with Crippen molar-refractivity contribution >= 4 is 18.3 Å². The average Bonchev–Trinajstić information content (AvgIpc) is 2.83. The van der Waals surface area contributed by atoms with Gasteiger partial charge in [-0.25, -0.2) is 14.4 Å². The zero-order valence-electron chi connectivity index (χ0n) is 27.3. The summed E-state index contributed by atoms with van der Waals surface area (Å²) >= 11 is 0. The lowest BCUT2D eigenvalue weighted by atomic mass is 10.2. The van der Waals surface area contributed by atoms with Crippen LogP contribution in [0.2, 0.25) is 0 Å². The molecule has 1 saturated heterocycles. The number of pyridine rings is 1. The number of amides is 3. The molecule has 0 radical (unpaired) electrons. The Hall–Kier alpha value is -3.08. The monoisotopic (exact) mass is 591 g/mol. The topological polar surface area (TPSA) is 105 Å². The first-order valence-electron chi connectivity index (χ1n) is 15.0. The van der Waals surface area contributed by atoms with Crippen molar-refractivity contribution < 1.29 is 28.6 Å². The minimum atomic E-state index is -0.666. The lowest BCUT2D eigenvalue weighted by Crippen LogP contribution is -2.47. The molecule has 0 spiro atoms. The second-order valence-electron chi connectivity index (χ2n) is 13.7. The van der Waals surface area contributed by atoms with Crippen LogP contribution in [0.1, 0.15) is 80.8 Å². The van der Waals surface area contributed by atoms with Crippen LogP contribution >= 0.6 is 0 Å². The van der Waals surface area contributed by atoms with Gasteiger partial charge in [-0.1, -0.05) is 6.07 Å². The van der Waals surface area contributed by atoms with Crippen molar-refractivity contribution in [3.63, 3.8) is 0 Å². The van der Waals surface area contributed by atoms with Crippen molar-refractivity contribution in [3.05, 3.63) is 30.1 Å². The SMILES string of the molecule is CC(C)(C)OC(=O)N1CCCN(C(=O)OC(C)(C)C)CCN(C(=O)OC(C)(C)C)CCCN(Cc2ccccn2)CC1. The van der Waals surface area contributed by atoms with Crippen LogP contribution in [-0.4, -0.2) is 112 Å². The molecule has 1 aromatic rings. The molecule has 11 nitrogen and oxygen atoms in total. The highest BCUT2D eigenvalue weighted by Crippen LogP contribution is 2.15. The van der Waals surface area contributed by atoms with Crippen molar-refractivity contribution in [2.75, 3.05) is 52.4 Å². The first kappa shape index (κ1) is 35.1. The van der Waals surface area contributed by atoms with Crippen LogP contribution in [0.5, 0.6) is 0 Å². The molecule has 0 unspecified atom stereocenters. The van der Waals surface area contributed by atoms with Crippen molar-refractivity contribution in [3.8, 4) is 0 Å². The summed E-state index contributed by atoms with van der Waals surface area (Å²) in [4.78, 5) is 51.2. The Bertz CT molecular complexity index is 1000. The van der Waals surface area contributed by atoms with E-state index in [1.54, 1.807) is 20.9 Å². The molecular formula is C31H53N5O6. The number of ether oxygens (including phenoxy) is 3. The number of carbonyl (C=O) groups excluding carboxylic acids is 3. The van der Waals surface area contributed by atoms with Gasteiger partial charge in [0, 0.05) is 65.1 Å². The predicted octanol–water partition coefficient (Wildman–Crippen LogP) is 5.39. The van der Waals surface area contributed by atoms with Crippen LogP contribution < -0.4 is 0 Å². The van der Waals surface area contributed by atoms with E-state index >= 15 is 0 Å². The number of nitrogens with zero attached hydrogens (tertiary/aromatic N) is 5. The summed E-state index contributed by atoms with van der Waals surface area (Å²) in [5.74, 6) is 0. The second kappa shape index (κ2) is 15.4. The molecule has 2 heterocycles. The van der Waals surface area contributed by atoms with Crippen LogP contribution in [0, 0.1) is 0 Å². The molecule has 0 atom stereocenters. The highest BCUT2D eigenvalue weighted by Gasteiger charge is 2.28. The number of aromatic nitrogens is 1. The van der Waals surface area contributed by atoms with E-state index in [1.807, 2.05) is 80.5 Å². The first-order valence-corrected chi connectivity index (χ1v) is 15.0. The standard InChI is InChI=1S/C31H53N5O6/c1-29(2,3)40-26(37)34-18-13-19-36(28(39)42-31(7,8)9)23-22-35(27(38)41-30(4,5)6)17-12-16-33(20-21-34)24-25-14-10-11-15-32-25/h10-11,14-15H,12-13,16-24H2,1-9H3. The van der Waals surface area contributed by atoms with E-state index in [0.29, 0.717) is 65.2 Å². The van der Waals surface area contributed by atoms with Gasteiger partial charge in [-0.05, 0) is 87.3 Å². The minimum absolute atomic E-state index is 0.276. The van der Waals surface area contributed by atoms with Crippen molar-refractivity contribution in [1.82, 2.24) is 24.6 Å². The Morgan fingerprint density at radius 3 is 1.40 bits per heavy atom. The van der Waals surface area contributed by atoms with E-state index in [0.717, 1.165) is 5.69 Å². The maximum Gasteiger partial charge on any atom is 0.410 e. The fourth-order valence-corrected chi connectivity index (χ4v) is 4.29. The Kier molecular flexibility index (Phi) is 12.9. The van der Waals surface area contributed by atoms with Crippen LogP contribution in [0.4, 0.5) is 14.4 Å². The maximum absolute atomic E-state index is 13.2. The summed E-state index contributed by atoms with van der Waals surface area (Å²) in [6, 6.07) is 5.82. The zero-order valence-corrected chi connectivity index (χ0v) is 27.3. The predicted molar refractivity (Wildman–Crippen MR) is 162 cm³/mol. The molecule has 2 rings (SSSR count). The zero-order chi connectivity index (χ0) is 31.6. The van der Waals surface area contributed by atoms with Gasteiger partial charge in [0.15, 0.2) is 0 Å². The number of hydrogen-bond acceptors (Lipinski definition) is 8. The van der Waals surface area contributed by atoms with E-state index in [1.165, 1.54) is 0 Å². The van der Waals surface area contributed by atoms with Gasteiger partial charge in [-0.2, -0.15) is 0 Å². The van der Waals surface area contributed by atoms with Gasteiger partial charge in [-0.15, -0.1) is 0 Å². The fraction of sp³-hybridized carbons (Fsp3) is 0.742. The van der Waals surface area contributed by atoms with Crippen LogP contribution in [-0.2, 0) is 20.8 Å². The van der Waals surface area contributed by atoms with E-state index in [2.05, 4.69) is 9.88 Å². The van der Waals surface area contributed by atoms with E-state index in [-0.39, 0.29) is 12.6 Å². The number of rotatable bonds is 2. The maximum atomic E-state index is 13.2. The molecule has 1 aliphatic heterocycles. The third-order valence-electron chi connectivity index (χ3n) is 6.15. The summed E-state index contributed by atoms with van der Waals surface area (Å²) in [5, 5.41) is 0. The number of hydrogen-bond donors (Lipinski definition) is 0. The fourth-order valence-electron chi connectivity index (χ4n) is 4.29. The highest BCUT2D eigenvalue weighted by atomic mass is 16.6. The molecule has 0 bridgehead atoms. The lowest BCUT2D eigenvalue weighted by molar-refractivity contribution is 0.0101. The van der Waals surface area contributed by atoms with E-state index in [9.17, 15) is 14.4 Å². The van der Waals surface area contributed by atoms with Gasteiger partial charge in [0.05, 0.1) is 5.69 Å². The Balaban J connectivity index is 2.31. The normalized spacial score (nSPS) is 17.3. The molecule has 0 saturated carbocycles. The summed E-state index contributed by atoms with van der Waals surface area (Å²) in [5.41, 5.74) is -1.01. The molecule has 1 aliphatic rings. The quantitative estimate of drug-likeness (QED) is 0.422. The summed E-state index contributed by atoms with van der Waals surface area (Å²) in [6.45, 7) is 20.7. The second-order valence-corrected chi connectivity index (χ2v) is 13.7. The molecule has 42 heavy (non-hydrogen) atoms. The van der Waals surface area contributed by atoms with Crippen LogP contribution in [0.15, 0.2) is 24.4 Å². The van der Waals surface area contributed by atoms with E-state index < -0.39 is 29.0 Å². The minimum Gasteiger partial charge on any atom is -0.444 e. The van der Waals surface area contributed by atoms with E-state index in [4.69, 9.17) is 14.2 Å². The smallest absolute Gasteiger partial charge is 0.410 e. The third-order valence-corrected chi connectivity index (χ3v) is 6.15. The third kappa shape index (κ3) is 14.2. The van der Waals surface area contributed by atoms with Gasteiger partial charge in [0.25, 0.3) is 0 Å². The van der Waals surface area contributed by atoms with Gasteiger partial charge in [0.1, 0.15) is 16.8 Å². The molecule has 1 aromatic heterocycles. The highest BCUT2D eigenvalue weighted by molar-refractivity contribution is 5.70. The Morgan fingerprint density at radius 2 is 1.02 bits per heavy atom. The summed E-state index contributed by atoms with van der Waals surface area (Å²) in [7, 11) is 0. The molecule has 0 aromatic carbocycles. The van der Waals surface area contributed by atoms with Crippen molar-refractivity contribution in [2.45, 2.75) is 98.5 Å². The lowest BCUT2D eigenvalue weighted by Gasteiger charge is -2.34. The summed E-state index contributed by atoms with van der Waals surface area (Å²) < 4.78 is 17.1. The van der Waals surface area contributed by atoms with Gasteiger partial charge in [-0.3, -0.25) is 9.88 Å². The molecule has 11 heteroatoms. The average molecular weight is 592 g/mol. The largest absolute Gasteiger partial charge is 0.444 e. The first-order chi connectivity index (χ1) is 19.4. The van der Waals surface area contributed by atoms with Gasteiger partial charge in [0.2, 0.25) is 0 Å². The summed E-state index contributed by atoms with van der Waals surface area (Å²) in [6.07, 6.45) is 1.71. The Morgan fingerprint density at radius 1 is 0.619 bits per heavy atom. The Labute approximate surface area is 252 Å². The molecule has 0 N–H and O–H groups in total. The van der Waals surface area contributed by atoms with Crippen molar-refractivity contribution in [2.24, 2.45) is 0 Å². The number of carbonyl (C=O) groups is 3. The molecule has 0 aliphatic carbocycles. The van der Waals surface area contributed by atoms with Gasteiger partial charge < -0.3 is 28.9 Å². The van der Waals surface area contributed by atoms with Crippen LogP contribution in [0.25, 0.3) is 0 Å². The molecule has 1 fully saturated rings. The van der Waals surface area contributed by atoms with Crippen LogP contribution in [0.3, 0.4) is 0 Å². The molecule has 238 valence electrons. The molecule has 3 amide bonds. The van der Waals surface area contributed by atoms with Gasteiger partial charge >= 0.3 is 18.3 Å². The van der Waals surface area contributed by atoms with Crippen molar-refractivity contribution in [1.29, 1.82) is 0 Å².